The van der Waals surface area contributed by atoms with Crippen LogP contribution in [0.25, 0.3) is 0 Å². The minimum absolute atomic E-state index is 0.0269. The Balaban J connectivity index is 2.29. The van der Waals surface area contributed by atoms with E-state index in [1.165, 1.54) is 19.2 Å². The van der Waals surface area contributed by atoms with Gasteiger partial charge in [-0.1, -0.05) is 24.3 Å². The first kappa shape index (κ1) is 20.4. The molecule has 0 spiro atoms. The van der Waals surface area contributed by atoms with E-state index in [2.05, 4.69) is 20.7 Å². The van der Waals surface area contributed by atoms with E-state index in [0.29, 0.717) is 11.3 Å². The fourth-order valence-corrected chi connectivity index (χ4v) is 4.63. The molecule has 0 aliphatic heterocycles. The molecule has 0 unspecified atom stereocenters. The van der Waals surface area contributed by atoms with Crippen molar-refractivity contribution in [2.75, 3.05) is 7.11 Å². The molecule has 0 heterocycles. The Bertz CT molecular complexity index is 925. The third-order valence-corrected chi connectivity index (χ3v) is 6.04. The average Bonchev–Trinajstić information content (AvgIpc) is 2.53. The highest BCUT2D eigenvalue weighted by Crippen LogP contribution is 2.31. The zero-order valence-corrected chi connectivity index (χ0v) is 17.0. The maximum atomic E-state index is 12.6. The number of aromatic carboxylic acids is 1. The fraction of sp³-hybridized carbons (Fsp3) is 0.278. The number of halogens is 1. The van der Waals surface area contributed by atoms with Crippen LogP contribution in [0.3, 0.4) is 0 Å². The summed E-state index contributed by atoms with van der Waals surface area (Å²) < 4.78 is 33.9. The van der Waals surface area contributed by atoms with Crippen molar-refractivity contribution in [3.63, 3.8) is 0 Å². The van der Waals surface area contributed by atoms with Gasteiger partial charge in [0.25, 0.3) is 0 Å². The van der Waals surface area contributed by atoms with Crippen LogP contribution in [0.1, 0.15) is 35.3 Å². The lowest BCUT2D eigenvalue weighted by atomic mass is 9.95. The number of nitrogens with one attached hydrogen (secondary N) is 1. The van der Waals surface area contributed by atoms with Gasteiger partial charge in [-0.05, 0) is 59.1 Å². The highest BCUT2D eigenvalue weighted by molar-refractivity contribution is 9.10. The minimum atomic E-state index is -3.79. The van der Waals surface area contributed by atoms with E-state index in [4.69, 9.17) is 4.74 Å². The first-order chi connectivity index (χ1) is 12.1. The molecular weight excluding hydrogens is 422 g/mol. The number of sulfonamides is 1. The largest absolute Gasteiger partial charge is 0.496 e. The Labute approximate surface area is 161 Å². The lowest BCUT2D eigenvalue weighted by Gasteiger charge is -2.27. The zero-order chi connectivity index (χ0) is 19.5. The van der Waals surface area contributed by atoms with Gasteiger partial charge < -0.3 is 9.84 Å². The number of hydrogen-bond donors (Lipinski definition) is 2. The highest BCUT2D eigenvalue weighted by atomic mass is 79.9. The second-order valence-corrected chi connectivity index (χ2v) is 8.87. The Morgan fingerprint density at radius 1 is 1.23 bits per heavy atom. The maximum absolute atomic E-state index is 12.6. The van der Waals surface area contributed by atoms with Crippen LogP contribution in [-0.4, -0.2) is 26.6 Å². The lowest BCUT2D eigenvalue weighted by molar-refractivity contribution is 0.0696. The maximum Gasteiger partial charge on any atom is 0.335 e. The Morgan fingerprint density at radius 3 is 2.50 bits per heavy atom. The molecule has 2 N–H and O–H groups in total. The third-order valence-electron chi connectivity index (χ3n) is 3.88. The normalized spacial score (nSPS) is 12.0. The van der Waals surface area contributed by atoms with Crippen molar-refractivity contribution < 1.29 is 23.1 Å². The molecule has 0 amide bonds. The Kier molecular flexibility index (Phi) is 6.10. The number of carbonyl (C=O) groups is 1. The molecular formula is C18H20BrNO5S. The van der Waals surface area contributed by atoms with Gasteiger partial charge in [-0.3, -0.25) is 0 Å². The quantitative estimate of drug-likeness (QED) is 0.685. The second kappa shape index (κ2) is 7.77. The van der Waals surface area contributed by atoms with Gasteiger partial charge in [0.15, 0.2) is 0 Å². The first-order valence-electron chi connectivity index (χ1n) is 7.72. The Morgan fingerprint density at radius 2 is 1.88 bits per heavy atom. The molecule has 2 rings (SSSR count). The van der Waals surface area contributed by atoms with Crippen LogP contribution in [0.4, 0.5) is 0 Å². The van der Waals surface area contributed by atoms with Crippen molar-refractivity contribution in [2.45, 2.75) is 25.1 Å². The van der Waals surface area contributed by atoms with Crippen LogP contribution >= 0.6 is 15.9 Å². The predicted octanol–water partition coefficient (Wildman–Crippen LogP) is 3.51. The number of hydrogen-bond acceptors (Lipinski definition) is 4. The molecule has 0 saturated heterocycles. The van der Waals surface area contributed by atoms with Crippen molar-refractivity contribution in [3.05, 3.63) is 63.6 Å². The third kappa shape index (κ3) is 4.84. The number of carboxylic acids is 1. The number of carboxylic acid groups (broad SMARTS) is 1. The summed E-state index contributed by atoms with van der Waals surface area (Å²) in [6.07, 6.45) is 0. The van der Waals surface area contributed by atoms with E-state index in [-0.39, 0.29) is 11.1 Å². The number of ether oxygens (including phenoxy) is 1. The van der Waals surface area contributed by atoms with Gasteiger partial charge in [0.1, 0.15) is 5.75 Å². The standard InChI is InChI=1S/C18H20BrNO5S/c1-18(2,13-8-9-15(19)16(10-13)25-3)20-26(23,24)11-12-6-4-5-7-14(12)17(21)22/h4-10,20H,11H2,1-3H3,(H,21,22). The molecule has 0 aliphatic rings. The molecule has 8 heteroatoms. The molecule has 0 radical (unpaired) electrons. The van der Waals surface area contributed by atoms with Gasteiger partial charge >= 0.3 is 5.97 Å². The van der Waals surface area contributed by atoms with Gasteiger partial charge in [-0.15, -0.1) is 0 Å². The van der Waals surface area contributed by atoms with Gasteiger partial charge in [0.2, 0.25) is 10.0 Å². The smallest absolute Gasteiger partial charge is 0.335 e. The molecule has 2 aromatic carbocycles. The van der Waals surface area contributed by atoms with E-state index >= 15 is 0 Å². The summed E-state index contributed by atoms with van der Waals surface area (Å²) in [6.45, 7) is 3.46. The van der Waals surface area contributed by atoms with Crippen molar-refractivity contribution >= 4 is 31.9 Å². The first-order valence-corrected chi connectivity index (χ1v) is 10.2. The summed E-state index contributed by atoms with van der Waals surface area (Å²) in [5.74, 6) is -0.995. The van der Waals surface area contributed by atoms with E-state index in [9.17, 15) is 18.3 Å². The molecule has 0 saturated carbocycles. The van der Waals surface area contributed by atoms with Crippen molar-refractivity contribution in [1.82, 2.24) is 4.72 Å². The topological polar surface area (TPSA) is 92.7 Å². The van der Waals surface area contributed by atoms with Crippen molar-refractivity contribution in [2.24, 2.45) is 0 Å². The minimum Gasteiger partial charge on any atom is -0.496 e. The summed E-state index contributed by atoms with van der Waals surface area (Å²) in [5, 5.41) is 9.22. The van der Waals surface area contributed by atoms with Gasteiger partial charge in [-0.2, -0.15) is 0 Å². The summed E-state index contributed by atoms with van der Waals surface area (Å²) in [6, 6.07) is 11.4. The molecule has 6 nitrogen and oxygen atoms in total. The van der Waals surface area contributed by atoms with Crippen LogP contribution in [0.5, 0.6) is 5.75 Å². The van der Waals surface area contributed by atoms with Crippen LogP contribution in [0, 0.1) is 0 Å². The molecule has 0 aliphatic carbocycles. The summed E-state index contributed by atoms with van der Waals surface area (Å²) in [7, 11) is -2.26. The lowest BCUT2D eigenvalue weighted by Crippen LogP contribution is -2.41. The highest BCUT2D eigenvalue weighted by Gasteiger charge is 2.28. The molecule has 0 atom stereocenters. The summed E-state index contributed by atoms with van der Waals surface area (Å²) in [4.78, 5) is 11.3. The van der Waals surface area contributed by atoms with Gasteiger partial charge in [0, 0.05) is 0 Å². The summed E-state index contributed by atoms with van der Waals surface area (Å²) >= 11 is 3.37. The van der Waals surface area contributed by atoms with Crippen LogP contribution in [0.15, 0.2) is 46.9 Å². The van der Waals surface area contributed by atoms with E-state index in [0.717, 1.165) is 4.47 Å². The van der Waals surface area contributed by atoms with Gasteiger partial charge in [0.05, 0.1) is 28.4 Å². The average molecular weight is 442 g/mol. The van der Waals surface area contributed by atoms with Crippen LogP contribution < -0.4 is 9.46 Å². The van der Waals surface area contributed by atoms with Crippen molar-refractivity contribution in [1.29, 1.82) is 0 Å². The van der Waals surface area contributed by atoms with Gasteiger partial charge in [-0.25, -0.2) is 17.9 Å². The summed E-state index contributed by atoms with van der Waals surface area (Å²) in [5.41, 5.74) is 0.00987. The van der Waals surface area contributed by atoms with E-state index in [1.807, 2.05) is 0 Å². The van der Waals surface area contributed by atoms with E-state index in [1.54, 1.807) is 44.2 Å². The SMILES string of the molecule is COc1cc(C(C)(C)NS(=O)(=O)Cc2ccccc2C(=O)O)ccc1Br. The fourth-order valence-electron chi connectivity index (χ4n) is 2.59. The van der Waals surface area contributed by atoms with Crippen LogP contribution in [0.2, 0.25) is 0 Å². The number of benzene rings is 2. The molecule has 2 aromatic rings. The molecule has 26 heavy (non-hydrogen) atoms. The van der Waals surface area contributed by atoms with Crippen LogP contribution in [-0.2, 0) is 21.3 Å². The molecule has 0 aromatic heterocycles. The molecule has 0 fully saturated rings. The number of rotatable bonds is 7. The Hall–Kier alpha value is -1.90. The van der Waals surface area contributed by atoms with Crippen molar-refractivity contribution in [3.8, 4) is 5.75 Å². The zero-order valence-electron chi connectivity index (χ0n) is 14.6. The monoisotopic (exact) mass is 441 g/mol. The molecule has 140 valence electrons. The predicted molar refractivity (Wildman–Crippen MR) is 103 cm³/mol. The number of methoxy groups -OCH3 is 1. The van der Waals surface area contributed by atoms with E-state index < -0.39 is 27.3 Å². The second-order valence-electron chi connectivity index (χ2n) is 6.30. The molecule has 0 bridgehead atoms.